The average Bonchev–Trinajstić information content (AvgIpc) is 2.56. The van der Waals surface area contributed by atoms with Crippen LogP contribution >= 0.6 is 0 Å². The Labute approximate surface area is 144 Å². The Balaban J connectivity index is 2.61. The fourth-order valence-electron chi connectivity index (χ4n) is 1.99. The van der Waals surface area contributed by atoms with Gasteiger partial charge in [0, 0.05) is 18.7 Å². The maximum atomic E-state index is 12.2. The van der Waals surface area contributed by atoms with E-state index in [0.717, 1.165) is 11.3 Å². The Morgan fingerprint density at radius 3 is 2.50 bits per heavy atom. The van der Waals surface area contributed by atoms with Gasteiger partial charge in [0.2, 0.25) is 11.8 Å². The molecule has 0 heterocycles. The molecule has 0 atom stereocenters. The molecule has 1 aromatic carbocycles. The second kappa shape index (κ2) is 10.3. The molecule has 0 saturated heterocycles. The van der Waals surface area contributed by atoms with Gasteiger partial charge in [0.25, 0.3) is 0 Å². The molecule has 24 heavy (non-hydrogen) atoms. The van der Waals surface area contributed by atoms with E-state index < -0.39 is 0 Å². The minimum atomic E-state index is -0.191. The summed E-state index contributed by atoms with van der Waals surface area (Å²) < 4.78 is 5.40. The van der Waals surface area contributed by atoms with Gasteiger partial charge in [-0.1, -0.05) is 24.8 Å². The van der Waals surface area contributed by atoms with Crippen molar-refractivity contribution in [3.8, 4) is 5.75 Å². The lowest BCUT2D eigenvalue weighted by Gasteiger charge is -2.19. The number of likely N-dealkylation sites (N-methyl/N-ethyl adjacent to an activating group) is 1. The Kier molecular flexibility index (Phi) is 8.33. The molecule has 0 spiro atoms. The number of ether oxygens (including phenoxy) is 1. The summed E-state index contributed by atoms with van der Waals surface area (Å²) in [5.41, 5.74) is 0.886. The summed E-state index contributed by atoms with van der Waals surface area (Å²) in [4.78, 5) is 25.5. The number of nitrogens with one attached hydrogen (secondary N) is 1. The number of benzene rings is 1. The van der Waals surface area contributed by atoms with Crippen LogP contribution in [0.25, 0.3) is 6.08 Å². The van der Waals surface area contributed by atoms with Gasteiger partial charge in [-0.15, -0.1) is 0 Å². The van der Waals surface area contributed by atoms with Crippen molar-refractivity contribution < 1.29 is 14.3 Å². The molecule has 5 heteroatoms. The third kappa shape index (κ3) is 7.13. The van der Waals surface area contributed by atoms with Crippen LogP contribution in [0.15, 0.2) is 43.0 Å². The highest BCUT2D eigenvalue weighted by molar-refractivity contribution is 5.94. The minimum absolute atomic E-state index is 0.0590. The van der Waals surface area contributed by atoms with Crippen molar-refractivity contribution >= 4 is 17.9 Å². The second-order valence-corrected chi connectivity index (χ2v) is 5.58. The first-order valence-corrected chi connectivity index (χ1v) is 8.06. The number of nitrogens with zero attached hydrogens (tertiary/aromatic N) is 1. The summed E-state index contributed by atoms with van der Waals surface area (Å²) in [6.07, 6.45) is 4.88. The molecule has 0 aliphatic heterocycles. The van der Waals surface area contributed by atoms with E-state index in [1.807, 2.05) is 45.0 Å². The zero-order valence-electron chi connectivity index (χ0n) is 14.6. The molecule has 0 fully saturated rings. The van der Waals surface area contributed by atoms with Crippen LogP contribution in [-0.4, -0.2) is 42.5 Å². The van der Waals surface area contributed by atoms with Gasteiger partial charge in [-0.2, -0.15) is 0 Å². The van der Waals surface area contributed by atoms with Gasteiger partial charge < -0.3 is 15.0 Å². The summed E-state index contributed by atoms with van der Waals surface area (Å²) in [7, 11) is 0. The van der Waals surface area contributed by atoms with Crippen molar-refractivity contribution in [3.63, 3.8) is 0 Å². The van der Waals surface area contributed by atoms with E-state index in [1.54, 1.807) is 12.2 Å². The fourth-order valence-corrected chi connectivity index (χ4v) is 1.99. The fraction of sp³-hybridized carbons (Fsp3) is 0.368. The summed E-state index contributed by atoms with van der Waals surface area (Å²) in [6, 6.07) is 7.46. The molecule has 0 unspecified atom stereocenters. The van der Waals surface area contributed by atoms with Gasteiger partial charge >= 0.3 is 0 Å². The van der Waals surface area contributed by atoms with Crippen molar-refractivity contribution in [1.82, 2.24) is 10.2 Å². The molecular weight excluding hydrogens is 304 g/mol. The molecule has 1 rings (SSSR count). The second-order valence-electron chi connectivity index (χ2n) is 5.58. The molecule has 130 valence electrons. The van der Waals surface area contributed by atoms with Gasteiger partial charge in [0.05, 0.1) is 6.54 Å². The first-order chi connectivity index (χ1) is 11.5. The summed E-state index contributed by atoms with van der Waals surface area (Å²) >= 11 is 0. The number of rotatable bonds is 9. The highest BCUT2D eigenvalue weighted by atomic mass is 16.5. The molecule has 1 aromatic rings. The molecule has 0 bridgehead atoms. The van der Waals surface area contributed by atoms with Crippen LogP contribution < -0.4 is 10.1 Å². The quantitative estimate of drug-likeness (QED) is 0.559. The minimum Gasteiger partial charge on any atom is -0.490 e. The lowest BCUT2D eigenvalue weighted by atomic mass is 10.2. The largest absolute Gasteiger partial charge is 0.490 e. The van der Waals surface area contributed by atoms with Gasteiger partial charge in [0.1, 0.15) is 12.4 Å². The van der Waals surface area contributed by atoms with Crippen molar-refractivity contribution in [1.29, 1.82) is 0 Å². The number of hydrogen-bond donors (Lipinski definition) is 1. The number of carbonyl (C=O) groups excluding carboxylic acids is 2. The summed E-state index contributed by atoms with van der Waals surface area (Å²) in [6.45, 7) is 10.2. The predicted molar refractivity (Wildman–Crippen MR) is 96.7 cm³/mol. The molecule has 0 aliphatic carbocycles. The molecule has 0 radical (unpaired) electrons. The van der Waals surface area contributed by atoms with E-state index in [0.29, 0.717) is 13.2 Å². The Morgan fingerprint density at radius 1 is 1.29 bits per heavy atom. The van der Waals surface area contributed by atoms with Crippen molar-refractivity contribution in [3.05, 3.63) is 48.6 Å². The maximum Gasteiger partial charge on any atom is 0.247 e. The molecule has 5 nitrogen and oxygen atoms in total. The average molecular weight is 330 g/mol. The van der Waals surface area contributed by atoms with Crippen molar-refractivity contribution in [2.45, 2.75) is 26.8 Å². The number of hydrogen-bond acceptors (Lipinski definition) is 3. The molecule has 1 N–H and O–H groups in total. The maximum absolute atomic E-state index is 12.2. The van der Waals surface area contributed by atoms with Crippen LogP contribution in [-0.2, 0) is 9.59 Å². The zero-order chi connectivity index (χ0) is 17.9. The van der Waals surface area contributed by atoms with Crippen LogP contribution in [0.3, 0.4) is 0 Å². The highest BCUT2D eigenvalue weighted by Crippen LogP contribution is 2.13. The van der Waals surface area contributed by atoms with E-state index in [9.17, 15) is 9.59 Å². The van der Waals surface area contributed by atoms with E-state index in [2.05, 4.69) is 11.9 Å². The van der Waals surface area contributed by atoms with Crippen LogP contribution in [0.4, 0.5) is 0 Å². The Hall–Kier alpha value is -2.56. The first kappa shape index (κ1) is 19.5. The van der Waals surface area contributed by atoms with Crippen LogP contribution in [0.2, 0.25) is 0 Å². The summed E-state index contributed by atoms with van der Waals surface area (Å²) in [5, 5.41) is 2.78. The van der Waals surface area contributed by atoms with Crippen molar-refractivity contribution in [2.75, 3.05) is 19.7 Å². The Morgan fingerprint density at radius 2 is 1.96 bits per heavy atom. The third-order valence-electron chi connectivity index (χ3n) is 3.14. The van der Waals surface area contributed by atoms with E-state index >= 15 is 0 Å². The van der Waals surface area contributed by atoms with E-state index in [-0.39, 0.29) is 24.4 Å². The molecule has 2 amide bonds. The normalized spacial score (nSPS) is 10.7. The van der Waals surface area contributed by atoms with E-state index in [1.165, 1.54) is 11.0 Å². The van der Waals surface area contributed by atoms with Gasteiger partial charge in [-0.05, 0) is 44.5 Å². The highest BCUT2D eigenvalue weighted by Gasteiger charge is 2.13. The predicted octanol–water partition coefficient (Wildman–Crippen LogP) is 2.64. The van der Waals surface area contributed by atoms with Gasteiger partial charge in [-0.3, -0.25) is 9.59 Å². The smallest absolute Gasteiger partial charge is 0.247 e. The van der Waals surface area contributed by atoms with Crippen LogP contribution in [0.1, 0.15) is 26.3 Å². The molecule has 0 aromatic heterocycles. The number of amides is 2. The lowest BCUT2D eigenvalue weighted by Crippen LogP contribution is -2.42. The van der Waals surface area contributed by atoms with Gasteiger partial charge in [0.15, 0.2) is 0 Å². The van der Waals surface area contributed by atoms with Crippen LogP contribution in [0, 0.1) is 0 Å². The third-order valence-corrected chi connectivity index (χ3v) is 3.14. The monoisotopic (exact) mass is 330 g/mol. The summed E-state index contributed by atoms with van der Waals surface area (Å²) in [5.74, 6) is 0.402. The molecular formula is C19H26N2O3. The SMILES string of the molecule is C=CCOc1ccc(C=CC(=O)N(CC)CC(=O)NC(C)C)cc1. The molecule has 0 aliphatic rings. The Bertz CT molecular complexity index is 577. The topological polar surface area (TPSA) is 58.6 Å². The standard InChI is InChI=1S/C19H26N2O3/c1-5-13-24-17-10-7-16(8-11-17)9-12-19(23)21(6-2)14-18(22)20-15(3)4/h5,7-12,15H,1,6,13-14H2,2-4H3,(H,20,22). The first-order valence-electron chi connectivity index (χ1n) is 8.06. The lowest BCUT2D eigenvalue weighted by molar-refractivity contribution is -0.132. The number of carbonyl (C=O) groups is 2. The van der Waals surface area contributed by atoms with E-state index in [4.69, 9.17) is 4.74 Å². The van der Waals surface area contributed by atoms with Gasteiger partial charge in [-0.25, -0.2) is 0 Å². The molecule has 0 saturated carbocycles. The van der Waals surface area contributed by atoms with Crippen LogP contribution in [0.5, 0.6) is 5.75 Å². The van der Waals surface area contributed by atoms with Crippen molar-refractivity contribution in [2.24, 2.45) is 0 Å². The zero-order valence-corrected chi connectivity index (χ0v) is 14.6.